The van der Waals surface area contributed by atoms with Gasteiger partial charge in [0.05, 0.1) is 16.7 Å². The first kappa shape index (κ1) is 15.4. The second-order valence-corrected chi connectivity index (χ2v) is 4.87. The number of nitrogens with one attached hydrogen (secondary N) is 1. The van der Waals surface area contributed by atoms with Crippen LogP contribution in [0, 0.1) is 13.8 Å². The molecule has 0 saturated heterocycles. The number of nitrogens with zero attached hydrogens (tertiary/aromatic N) is 2. The predicted octanol–water partition coefficient (Wildman–Crippen LogP) is 0.212. The molecule has 0 aliphatic heterocycles. The van der Waals surface area contributed by atoms with Gasteiger partial charge in [0.25, 0.3) is 0 Å². The first-order valence-electron chi connectivity index (χ1n) is 5.47. The first-order valence-corrected chi connectivity index (χ1v) is 6.26. The number of amides is 1. The number of halogens is 1. The first-order chi connectivity index (χ1) is 8.73. The van der Waals surface area contributed by atoms with Crippen molar-refractivity contribution >= 4 is 27.8 Å². The minimum Gasteiger partial charge on any atom is -0.480 e. The summed E-state index contributed by atoms with van der Waals surface area (Å²) >= 11 is 3.28. The van der Waals surface area contributed by atoms with Gasteiger partial charge in [0.15, 0.2) is 0 Å². The molecule has 0 aromatic carbocycles. The summed E-state index contributed by atoms with van der Waals surface area (Å²) in [4.78, 5) is 37.6. The molecule has 7 nitrogen and oxygen atoms in total. The number of aromatic nitrogens is 2. The van der Waals surface area contributed by atoms with Crippen LogP contribution in [0.15, 0.2) is 9.27 Å². The highest BCUT2D eigenvalue weighted by Gasteiger charge is 2.21. The lowest BCUT2D eigenvalue weighted by Crippen LogP contribution is -2.45. The normalized spacial score (nSPS) is 12.0. The van der Waals surface area contributed by atoms with Crippen molar-refractivity contribution in [1.29, 1.82) is 0 Å². The Hall–Kier alpha value is -1.70. The molecule has 0 bridgehead atoms. The van der Waals surface area contributed by atoms with Crippen LogP contribution >= 0.6 is 15.9 Å². The van der Waals surface area contributed by atoms with Gasteiger partial charge in [-0.1, -0.05) is 0 Å². The van der Waals surface area contributed by atoms with Gasteiger partial charge in [0.1, 0.15) is 6.04 Å². The average Bonchev–Trinajstić information content (AvgIpc) is 2.29. The third kappa shape index (κ3) is 3.63. The van der Waals surface area contributed by atoms with Crippen molar-refractivity contribution in [2.75, 3.05) is 0 Å². The summed E-state index contributed by atoms with van der Waals surface area (Å²) in [5, 5.41) is 11.3. The minimum atomic E-state index is -1.21. The van der Waals surface area contributed by atoms with Gasteiger partial charge in [0, 0.05) is 12.6 Å². The van der Waals surface area contributed by atoms with Crippen molar-refractivity contribution in [3.8, 4) is 0 Å². The summed E-state index contributed by atoms with van der Waals surface area (Å²) in [7, 11) is 0. The van der Waals surface area contributed by atoms with E-state index in [0.29, 0.717) is 15.9 Å². The van der Waals surface area contributed by atoms with E-state index in [1.165, 1.54) is 11.5 Å². The van der Waals surface area contributed by atoms with Gasteiger partial charge in [-0.15, -0.1) is 0 Å². The Morgan fingerprint density at radius 1 is 1.47 bits per heavy atom. The Balaban J connectivity index is 3.17. The van der Waals surface area contributed by atoms with Gasteiger partial charge in [-0.2, -0.15) is 4.98 Å². The molecule has 8 heteroatoms. The van der Waals surface area contributed by atoms with Crippen LogP contribution in [-0.2, 0) is 16.1 Å². The maximum Gasteiger partial charge on any atom is 0.348 e. The zero-order chi connectivity index (χ0) is 14.7. The van der Waals surface area contributed by atoms with Crippen molar-refractivity contribution in [2.24, 2.45) is 0 Å². The van der Waals surface area contributed by atoms with Crippen molar-refractivity contribution in [2.45, 2.75) is 33.4 Å². The van der Waals surface area contributed by atoms with Crippen LogP contribution < -0.4 is 11.0 Å². The number of hydrogen-bond acceptors (Lipinski definition) is 4. The van der Waals surface area contributed by atoms with Gasteiger partial charge < -0.3 is 10.4 Å². The number of aryl methyl sites for hydroxylation is 1. The Kier molecular flexibility index (Phi) is 4.82. The van der Waals surface area contributed by atoms with Gasteiger partial charge in [0.2, 0.25) is 5.91 Å². The smallest absolute Gasteiger partial charge is 0.348 e. The Morgan fingerprint density at radius 3 is 2.53 bits per heavy atom. The van der Waals surface area contributed by atoms with Crippen LogP contribution in [0.4, 0.5) is 0 Å². The molecule has 1 unspecified atom stereocenters. The SMILES string of the molecule is CC(=O)NC(Cn1c(C)c(Br)c(C)nc1=O)C(=O)O. The van der Waals surface area contributed by atoms with Crippen molar-refractivity contribution < 1.29 is 14.7 Å². The number of hydrogen-bond donors (Lipinski definition) is 2. The standard InChI is InChI=1S/C11H14BrN3O4/c1-5-9(12)6(2)15(11(19)13-5)4-8(10(17)18)14-7(3)16/h8H,4H2,1-3H3,(H,14,16)(H,17,18). The fourth-order valence-corrected chi connectivity index (χ4v) is 1.91. The van der Waals surface area contributed by atoms with Gasteiger partial charge in [-0.3, -0.25) is 9.36 Å². The number of rotatable bonds is 4. The van der Waals surface area contributed by atoms with Crippen LogP contribution in [0.3, 0.4) is 0 Å². The largest absolute Gasteiger partial charge is 0.480 e. The Bertz CT molecular complexity index is 582. The molecular weight excluding hydrogens is 318 g/mol. The molecule has 0 saturated carbocycles. The van der Waals surface area contributed by atoms with E-state index in [4.69, 9.17) is 5.11 Å². The lowest BCUT2D eigenvalue weighted by atomic mass is 10.2. The molecule has 1 heterocycles. The van der Waals surface area contributed by atoms with Gasteiger partial charge in [-0.25, -0.2) is 9.59 Å². The van der Waals surface area contributed by atoms with E-state index in [2.05, 4.69) is 26.2 Å². The summed E-state index contributed by atoms with van der Waals surface area (Å²) in [6.07, 6.45) is 0. The lowest BCUT2D eigenvalue weighted by molar-refractivity contribution is -0.142. The highest BCUT2D eigenvalue weighted by molar-refractivity contribution is 9.10. The highest BCUT2D eigenvalue weighted by atomic mass is 79.9. The summed E-state index contributed by atoms with van der Waals surface area (Å²) in [5.41, 5.74) is 0.550. The highest BCUT2D eigenvalue weighted by Crippen LogP contribution is 2.16. The average molecular weight is 332 g/mol. The fraction of sp³-hybridized carbons (Fsp3) is 0.455. The van der Waals surface area contributed by atoms with Gasteiger partial charge in [-0.05, 0) is 29.8 Å². The van der Waals surface area contributed by atoms with Gasteiger partial charge >= 0.3 is 11.7 Å². The molecule has 0 aliphatic carbocycles. The van der Waals surface area contributed by atoms with Crippen LogP contribution in [0.1, 0.15) is 18.3 Å². The summed E-state index contributed by atoms with van der Waals surface area (Å²) in [6, 6.07) is -1.18. The van der Waals surface area contributed by atoms with Crippen molar-refractivity contribution in [3.05, 3.63) is 26.3 Å². The zero-order valence-electron chi connectivity index (χ0n) is 10.7. The van der Waals surface area contributed by atoms with Crippen LogP contribution in [0.5, 0.6) is 0 Å². The van der Waals surface area contributed by atoms with Crippen LogP contribution in [0.2, 0.25) is 0 Å². The zero-order valence-corrected chi connectivity index (χ0v) is 12.3. The van der Waals surface area contributed by atoms with E-state index in [1.54, 1.807) is 13.8 Å². The molecule has 2 N–H and O–H groups in total. The molecule has 19 heavy (non-hydrogen) atoms. The lowest BCUT2D eigenvalue weighted by Gasteiger charge is -2.17. The molecule has 1 aromatic rings. The number of carboxylic acids is 1. The van der Waals surface area contributed by atoms with E-state index >= 15 is 0 Å². The second kappa shape index (κ2) is 5.96. The molecular formula is C11H14BrN3O4. The van der Waals surface area contributed by atoms with Crippen molar-refractivity contribution in [3.63, 3.8) is 0 Å². The van der Waals surface area contributed by atoms with Crippen LogP contribution in [0.25, 0.3) is 0 Å². The third-order valence-electron chi connectivity index (χ3n) is 2.58. The molecule has 0 aliphatic rings. The quantitative estimate of drug-likeness (QED) is 0.821. The maximum absolute atomic E-state index is 11.8. The Morgan fingerprint density at radius 2 is 2.05 bits per heavy atom. The third-order valence-corrected chi connectivity index (χ3v) is 3.72. The topological polar surface area (TPSA) is 101 Å². The number of carboxylic acid groups (broad SMARTS) is 1. The maximum atomic E-state index is 11.8. The molecule has 0 spiro atoms. The minimum absolute atomic E-state index is 0.175. The van der Waals surface area contributed by atoms with Crippen molar-refractivity contribution in [1.82, 2.24) is 14.9 Å². The fourth-order valence-electron chi connectivity index (χ4n) is 1.61. The van der Waals surface area contributed by atoms with E-state index < -0.39 is 23.6 Å². The monoisotopic (exact) mass is 331 g/mol. The molecule has 104 valence electrons. The van der Waals surface area contributed by atoms with Crippen LogP contribution in [-0.4, -0.2) is 32.6 Å². The molecule has 0 fully saturated rings. The van der Waals surface area contributed by atoms with E-state index in [-0.39, 0.29) is 6.54 Å². The summed E-state index contributed by atoms with van der Waals surface area (Å²) in [5.74, 6) is -1.68. The number of aliphatic carboxylic acids is 1. The number of carbonyl (C=O) groups is 2. The van der Waals surface area contributed by atoms with E-state index in [0.717, 1.165) is 0 Å². The summed E-state index contributed by atoms with van der Waals surface area (Å²) in [6.45, 7) is 4.39. The molecule has 1 atom stereocenters. The second-order valence-electron chi connectivity index (χ2n) is 4.08. The molecule has 1 amide bonds. The predicted molar refractivity (Wildman–Crippen MR) is 70.9 cm³/mol. The molecule has 0 radical (unpaired) electrons. The van der Waals surface area contributed by atoms with E-state index in [9.17, 15) is 14.4 Å². The number of carbonyl (C=O) groups excluding carboxylic acids is 1. The summed E-state index contributed by atoms with van der Waals surface area (Å²) < 4.78 is 1.85. The Labute approximate surface area is 117 Å². The molecule has 1 rings (SSSR count). The molecule has 1 aromatic heterocycles. The van der Waals surface area contributed by atoms with E-state index in [1.807, 2.05) is 0 Å².